The lowest BCUT2D eigenvalue weighted by Gasteiger charge is -2.21. The summed E-state index contributed by atoms with van der Waals surface area (Å²) in [5.74, 6) is -0.241. The summed E-state index contributed by atoms with van der Waals surface area (Å²) in [5.41, 5.74) is 0.707. The Hall–Kier alpha value is -0.830. The molecule has 0 atom stereocenters. The van der Waals surface area contributed by atoms with Crippen molar-refractivity contribution in [2.75, 3.05) is 13.7 Å². The molecular formula is C13H22O3. The minimum absolute atomic E-state index is 0.241. The average molecular weight is 226 g/mol. The molecule has 0 heterocycles. The fraction of sp³-hybridized carbons (Fsp3) is 0.769. The first-order valence-corrected chi connectivity index (χ1v) is 6.16. The molecule has 1 fully saturated rings. The van der Waals surface area contributed by atoms with E-state index < -0.39 is 0 Å². The number of esters is 1. The van der Waals surface area contributed by atoms with Gasteiger partial charge < -0.3 is 9.47 Å². The largest absolute Gasteiger partial charge is 0.466 e. The number of methoxy groups -OCH3 is 1. The van der Waals surface area contributed by atoms with Crippen LogP contribution >= 0.6 is 0 Å². The van der Waals surface area contributed by atoms with Crippen LogP contribution in [0.4, 0.5) is 0 Å². The van der Waals surface area contributed by atoms with E-state index in [1.54, 1.807) is 0 Å². The van der Waals surface area contributed by atoms with Crippen molar-refractivity contribution in [1.29, 1.82) is 0 Å². The molecule has 0 aromatic carbocycles. The van der Waals surface area contributed by atoms with Crippen molar-refractivity contribution < 1.29 is 14.3 Å². The monoisotopic (exact) mass is 226 g/mol. The molecule has 0 spiro atoms. The second kappa shape index (κ2) is 7.44. The third kappa shape index (κ3) is 4.35. The standard InChI is InChI=1S/C13H22O3/c1-3-11(13(14)15-2)9-10-16-12-7-5-4-6-8-12/h9,12H,3-8,10H2,1-2H3. The van der Waals surface area contributed by atoms with Crippen LogP contribution in [0.2, 0.25) is 0 Å². The van der Waals surface area contributed by atoms with E-state index in [2.05, 4.69) is 4.74 Å². The number of carbonyl (C=O) groups is 1. The van der Waals surface area contributed by atoms with Crippen LogP contribution in [0.1, 0.15) is 45.4 Å². The Labute approximate surface area is 97.8 Å². The summed E-state index contributed by atoms with van der Waals surface area (Å²) >= 11 is 0. The van der Waals surface area contributed by atoms with E-state index in [1.165, 1.54) is 26.4 Å². The number of rotatable bonds is 5. The SMILES string of the molecule is CCC(=CCOC1CCCCC1)C(=O)OC. The van der Waals surface area contributed by atoms with Gasteiger partial charge in [-0.15, -0.1) is 0 Å². The summed E-state index contributed by atoms with van der Waals surface area (Å²) in [4.78, 5) is 11.3. The van der Waals surface area contributed by atoms with Crippen molar-refractivity contribution in [3.8, 4) is 0 Å². The van der Waals surface area contributed by atoms with E-state index in [-0.39, 0.29) is 5.97 Å². The van der Waals surface area contributed by atoms with E-state index in [4.69, 9.17) is 4.74 Å². The lowest BCUT2D eigenvalue weighted by Crippen LogP contribution is -2.17. The van der Waals surface area contributed by atoms with Gasteiger partial charge in [-0.3, -0.25) is 0 Å². The molecule has 92 valence electrons. The van der Waals surface area contributed by atoms with Crippen LogP contribution in [0.25, 0.3) is 0 Å². The van der Waals surface area contributed by atoms with Crippen LogP contribution in [-0.4, -0.2) is 25.8 Å². The average Bonchev–Trinajstić information content (AvgIpc) is 2.35. The lowest BCUT2D eigenvalue weighted by molar-refractivity contribution is -0.136. The van der Waals surface area contributed by atoms with Crippen molar-refractivity contribution in [3.05, 3.63) is 11.6 Å². The molecule has 0 saturated heterocycles. The van der Waals surface area contributed by atoms with Crippen LogP contribution in [-0.2, 0) is 14.3 Å². The number of hydrogen-bond acceptors (Lipinski definition) is 3. The molecule has 1 saturated carbocycles. The maximum atomic E-state index is 11.3. The van der Waals surface area contributed by atoms with E-state index >= 15 is 0 Å². The third-order valence-electron chi connectivity index (χ3n) is 3.04. The molecule has 3 heteroatoms. The minimum Gasteiger partial charge on any atom is -0.466 e. The van der Waals surface area contributed by atoms with E-state index in [1.807, 2.05) is 13.0 Å². The van der Waals surface area contributed by atoms with Gasteiger partial charge in [0.15, 0.2) is 0 Å². The molecule has 0 unspecified atom stereocenters. The summed E-state index contributed by atoms with van der Waals surface area (Å²) in [6, 6.07) is 0. The molecule has 16 heavy (non-hydrogen) atoms. The van der Waals surface area contributed by atoms with Gasteiger partial charge in [-0.25, -0.2) is 4.79 Å². The maximum Gasteiger partial charge on any atom is 0.333 e. The minimum atomic E-state index is -0.241. The van der Waals surface area contributed by atoms with Crippen LogP contribution in [0.3, 0.4) is 0 Å². The maximum absolute atomic E-state index is 11.3. The molecule has 1 aliphatic carbocycles. The predicted molar refractivity (Wildman–Crippen MR) is 63.2 cm³/mol. The second-order valence-corrected chi connectivity index (χ2v) is 4.17. The Bertz CT molecular complexity index is 240. The quantitative estimate of drug-likeness (QED) is 0.534. The van der Waals surface area contributed by atoms with E-state index in [0.717, 1.165) is 12.8 Å². The van der Waals surface area contributed by atoms with Gasteiger partial charge in [0.1, 0.15) is 0 Å². The Morgan fingerprint density at radius 3 is 2.56 bits per heavy atom. The summed E-state index contributed by atoms with van der Waals surface area (Å²) in [5, 5.41) is 0. The predicted octanol–water partition coefficient (Wildman–Crippen LogP) is 2.85. The molecule has 0 aromatic heterocycles. The van der Waals surface area contributed by atoms with Gasteiger partial charge >= 0.3 is 5.97 Å². The number of carbonyl (C=O) groups excluding carboxylic acids is 1. The van der Waals surface area contributed by atoms with Gasteiger partial charge in [0.05, 0.1) is 19.8 Å². The van der Waals surface area contributed by atoms with Crippen molar-refractivity contribution in [2.24, 2.45) is 0 Å². The molecule has 3 nitrogen and oxygen atoms in total. The van der Waals surface area contributed by atoms with Gasteiger partial charge in [0.2, 0.25) is 0 Å². The summed E-state index contributed by atoms with van der Waals surface area (Å²) in [6.45, 7) is 2.48. The van der Waals surface area contributed by atoms with Gasteiger partial charge in [0.25, 0.3) is 0 Å². The lowest BCUT2D eigenvalue weighted by atomic mass is 9.98. The highest BCUT2D eigenvalue weighted by Crippen LogP contribution is 2.20. The smallest absolute Gasteiger partial charge is 0.333 e. The fourth-order valence-electron chi connectivity index (χ4n) is 2.02. The van der Waals surface area contributed by atoms with Crippen molar-refractivity contribution in [2.45, 2.75) is 51.6 Å². The zero-order valence-electron chi connectivity index (χ0n) is 10.3. The highest BCUT2D eigenvalue weighted by Gasteiger charge is 2.13. The van der Waals surface area contributed by atoms with E-state index in [9.17, 15) is 4.79 Å². The highest BCUT2D eigenvalue weighted by molar-refractivity contribution is 5.88. The number of ether oxygens (including phenoxy) is 2. The summed E-state index contributed by atoms with van der Waals surface area (Å²) < 4.78 is 10.4. The molecular weight excluding hydrogens is 204 g/mol. The first kappa shape index (κ1) is 13.2. The highest BCUT2D eigenvalue weighted by atomic mass is 16.5. The van der Waals surface area contributed by atoms with Crippen LogP contribution < -0.4 is 0 Å². The topological polar surface area (TPSA) is 35.5 Å². The normalized spacial score (nSPS) is 18.5. The molecule has 0 N–H and O–H groups in total. The van der Waals surface area contributed by atoms with Gasteiger partial charge in [-0.05, 0) is 25.3 Å². The zero-order valence-corrected chi connectivity index (χ0v) is 10.3. The van der Waals surface area contributed by atoms with Crippen LogP contribution in [0.5, 0.6) is 0 Å². The molecule has 0 aromatic rings. The van der Waals surface area contributed by atoms with Crippen LogP contribution in [0.15, 0.2) is 11.6 Å². The molecule has 0 aliphatic heterocycles. The first-order valence-electron chi connectivity index (χ1n) is 6.16. The molecule has 0 radical (unpaired) electrons. The number of hydrogen-bond donors (Lipinski definition) is 0. The molecule has 0 amide bonds. The van der Waals surface area contributed by atoms with Gasteiger partial charge in [-0.2, -0.15) is 0 Å². The molecule has 0 bridgehead atoms. The second-order valence-electron chi connectivity index (χ2n) is 4.17. The Morgan fingerprint density at radius 1 is 1.31 bits per heavy atom. The fourth-order valence-corrected chi connectivity index (χ4v) is 2.02. The van der Waals surface area contributed by atoms with Gasteiger partial charge in [0, 0.05) is 5.57 Å². The summed E-state index contributed by atoms with van der Waals surface area (Å²) in [6.07, 6.45) is 9.12. The zero-order chi connectivity index (χ0) is 11.8. The van der Waals surface area contributed by atoms with Crippen molar-refractivity contribution in [1.82, 2.24) is 0 Å². The Kier molecular flexibility index (Phi) is 6.16. The van der Waals surface area contributed by atoms with Crippen molar-refractivity contribution in [3.63, 3.8) is 0 Å². The van der Waals surface area contributed by atoms with E-state index in [0.29, 0.717) is 24.7 Å². The Morgan fingerprint density at radius 2 is 2.00 bits per heavy atom. The van der Waals surface area contributed by atoms with Gasteiger partial charge in [-0.1, -0.05) is 26.2 Å². The Balaban J connectivity index is 2.30. The summed E-state index contributed by atoms with van der Waals surface area (Å²) in [7, 11) is 1.41. The van der Waals surface area contributed by atoms with Crippen molar-refractivity contribution >= 4 is 5.97 Å². The molecule has 1 rings (SSSR count). The third-order valence-corrected chi connectivity index (χ3v) is 3.04. The molecule has 1 aliphatic rings. The van der Waals surface area contributed by atoms with Crippen LogP contribution in [0, 0.1) is 0 Å². The first-order chi connectivity index (χ1) is 7.77.